The van der Waals surface area contributed by atoms with Crippen LogP contribution in [0.1, 0.15) is 29.2 Å². The van der Waals surface area contributed by atoms with Crippen LogP contribution in [0.4, 0.5) is 13.2 Å². The minimum Gasteiger partial charge on any atom is -0.481 e. The maximum Gasteiger partial charge on any atom is 0.393 e. The Hall–Kier alpha value is -1.65. The number of carbonyl (C=O) groups is 1. The summed E-state index contributed by atoms with van der Waals surface area (Å²) in [5.41, 5.74) is 0.502. The Kier molecular flexibility index (Phi) is 5.93. The Labute approximate surface area is 162 Å². The van der Waals surface area contributed by atoms with Gasteiger partial charge in [0.15, 0.2) is 0 Å². The Morgan fingerprint density at radius 1 is 1.37 bits per heavy atom. The molecule has 1 fully saturated rings. The van der Waals surface area contributed by atoms with E-state index in [1.54, 1.807) is 6.92 Å². The summed E-state index contributed by atoms with van der Waals surface area (Å²) in [5, 5.41) is 9.62. The van der Waals surface area contributed by atoms with Crippen LogP contribution in [0.25, 0.3) is 10.2 Å². The Morgan fingerprint density at radius 2 is 2.00 bits per heavy atom. The summed E-state index contributed by atoms with van der Waals surface area (Å²) in [4.78, 5) is 33.6. The number of fused-ring (bicyclic) bond motifs is 1. The number of aromatic nitrogens is 2. The zero-order valence-corrected chi connectivity index (χ0v) is 16.4. The first-order chi connectivity index (χ1) is 12.0. The van der Waals surface area contributed by atoms with Crippen molar-refractivity contribution in [3.05, 3.63) is 26.6 Å². The van der Waals surface area contributed by atoms with Crippen LogP contribution in [0.2, 0.25) is 0 Å². The monoisotopic (exact) mass is 425 g/mol. The molecule has 0 spiro atoms. The standard InChI is InChI=1S/C16H18F3N3O3S.ClH/c1-6-8(3)26-14-11(6)13(23)20-12(21-14)7(2)22-4-9(15(24)25)10(5-22)16(17,18)19;/h7,9-10H,4-5H2,1-3H3,(H,24,25)(H,20,21,23);1H/t7?,9-,10-;/m1./s1. The van der Waals surface area contributed by atoms with Crippen LogP contribution in [0, 0.1) is 25.7 Å². The van der Waals surface area contributed by atoms with Gasteiger partial charge in [-0.3, -0.25) is 14.5 Å². The highest BCUT2D eigenvalue weighted by Gasteiger charge is 2.53. The molecule has 0 amide bonds. The van der Waals surface area contributed by atoms with Crippen molar-refractivity contribution in [1.29, 1.82) is 0 Å². The van der Waals surface area contributed by atoms with Crippen LogP contribution in [-0.4, -0.2) is 45.2 Å². The number of aryl methyl sites for hydroxylation is 2. The van der Waals surface area contributed by atoms with Crippen LogP contribution in [-0.2, 0) is 4.79 Å². The lowest BCUT2D eigenvalue weighted by Crippen LogP contribution is -2.33. The molecular formula is C16H19ClF3N3O3S. The highest BCUT2D eigenvalue weighted by molar-refractivity contribution is 7.18. The molecular weight excluding hydrogens is 407 g/mol. The molecule has 3 atom stereocenters. The fourth-order valence-electron chi connectivity index (χ4n) is 3.37. The van der Waals surface area contributed by atoms with E-state index in [-0.39, 0.29) is 30.3 Å². The van der Waals surface area contributed by atoms with E-state index in [0.717, 1.165) is 10.4 Å². The zero-order valence-electron chi connectivity index (χ0n) is 14.8. The van der Waals surface area contributed by atoms with E-state index in [9.17, 15) is 22.8 Å². The molecule has 2 aromatic heterocycles. The van der Waals surface area contributed by atoms with Crippen LogP contribution in [0.5, 0.6) is 0 Å². The van der Waals surface area contributed by atoms with Crippen molar-refractivity contribution in [2.45, 2.75) is 33.0 Å². The first kappa shape index (κ1) is 21.6. The summed E-state index contributed by atoms with van der Waals surface area (Å²) in [6.07, 6.45) is -4.59. The molecule has 3 heterocycles. The zero-order chi connectivity index (χ0) is 19.4. The van der Waals surface area contributed by atoms with Crippen molar-refractivity contribution >= 4 is 39.9 Å². The van der Waals surface area contributed by atoms with Crippen molar-refractivity contribution < 1.29 is 23.1 Å². The van der Waals surface area contributed by atoms with Crippen molar-refractivity contribution in [1.82, 2.24) is 14.9 Å². The quantitative estimate of drug-likeness (QED) is 0.788. The van der Waals surface area contributed by atoms with E-state index >= 15 is 0 Å². The molecule has 27 heavy (non-hydrogen) atoms. The van der Waals surface area contributed by atoms with Gasteiger partial charge < -0.3 is 10.1 Å². The first-order valence-electron chi connectivity index (χ1n) is 8.04. The van der Waals surface area contributed by atoms with E-state index in [4.69, 9.17) is 5.11 Å². The van der Waals surface area contributed by atoms with Crippen LogP contribution in [0.3, 0.4) is 0 Å². The minimum absolute atomic E-state index is 0. The molecule has 2 N–H and O–H groups in total. The highest BCUT2D eigenvalue weighted by Crippen LogP contribution is 2.40. The predicted molar refractivity (Wildman–Crippen MR) is 97.6 cm³/mol. The first-order valence-corrected chi connectivity index (χ1v) is 8.85. The van der Waals surface area contributed by atoms with Gasteiger partial charge in [0.2, 0.25) is 0 Å². The Balaban J connectivity index is 0.00000261. The number of carboxylic acid groups (broad SMARTS) is 1. The van der Waals surface area contributed by atoms with Gasteiger partial charge in [-0.25, -0.2) is 4.98 Å². The largest absolute Gasteiger partial charge is 0.481 e. The number of alkyl halides is 3. The second kappa shape index (κ2) is 7.40. The smallest absolute Gasteiger partial charge is 0.393 e. The van der Waals surface area contributed by atoms with E-state index in [2.05, 4.69) is 9.97 Å². The number of nitrogens with one attached hydrogen (secondary N) is 1. The second-order valence-corrected chi connectivity index (χ2v) is 7.84. The molecule has 3 rings (SSSR count). The number of thiophene rings is 1. The van der Waals surface area contributed by atoms with E-state index in [1.165, 1.54) is 16.2 Å². The second-order valence-electron chi connectivity index (χ2n) is 6.64. The number of likely N-dealkylation sites (tertiary alicyclic amines) is 1. The van der Waals surface area contributed by atoms with Gasteiger partial charge in [-0.05, 0) is 26.3 Å². The highest BCUT2D eigenvalue weighted by atomic mass is 35.5. The molecule has 2 aromatic rings. The molecule has 0 aromatic carbocycles. The number of halogens is 4. The topological polar surface area (TPSA) is 86.3 Å². The molecule has 1 saturated heterocycles. The van der Waals surface area contributed by atoms with Crippen LogP contribution in [0.15, 0.2) is 4.79 Å². The molecule has 0 aliphatic carbocycles. The van der Waals surface area contributed by atoms with Gasteiger partial charge in [0.05, 0.1) is 23.3 Å². The fraction of sp³-hybridized carbons (Fsp3) is 0.562. The average molecular weight is 426 g/mol. The van der Waals surface area contributed by atoms with Gasteiger partial charge in [0, 0.05) is 18.0 Å². The summed E-state index contributed by atoms with van der Waals surface area (Å²) < 4.78 is 39.5. The molecule has 1 aliphatic heterocycles. The molecule has 6 nitrogen and oxygen atoms in total. The fourth-order valence-corrected chi connectivity index (χ4v) is 4.41. The van der Waals surface area contributed by atoms with E-state index in [0.29, 0.717) is 10.2 Å². The number of H-pyrrole nitrogens is 1. The summed E-state index contributed by atoms with van der Waals surface area (Å²) in [6, 6.07) is -0.635. The lowest BCUT2D eigenvalue weighted by Gasteiger charge is -2.23. The number of rotatable bonds is 3. The van der Waals surface area contributed by atoms with Crippen LogP contribution >= 0.6 is 23.7 Å². The van der Waals surface area contributed by atoms with Crippen molar-refractivity contribution in [3.63, 3.8) is 0 Å². The maximum atomic E-state index is 13.2. The molecule has 1 unspecified atom stereocenters. The van der Waals surface area contributed by atoms with Gasteiger partial charge in [-0.2, -0.15) is 13.2 Å². The average Bonchev–Trinajstić information content (AvgIpc) is 3.09. The normalized spacial score (nSPS) is 22.0. The summed E-state index contributed by atoms with van der Waals surface area (Å²) in [6.45, 7) is 4.63. The minimum atomic E-state index is -4.59. The third-order valence-corrected chi connectivity index (χ3v) is 6.19. The van der Waals surface area contributed by atoms with Gasteiger partial charge in [0.1, 0.15) is 10.7 Å². The number of aliphatic carboxylic acids is 1. The summed E-state index contributed by atoms with van der Waals surface area (Å²) in [5.74, 6) is -4.69. The van der Waals surface area contributed by atoms with Gasteiger partial charge >= 0.3 is 12.1 Å². The van der Waals surface area contributed by atoms with Crippen molar-refractivity contribution in [2.24, 2.45) is 11.8 Å². The molecule has 0 saturated carbocycles. The molecule has 150 valence electrons. The Bertz CT molecular complexity index is 927. The lowest BCUT2D eigenvalue weighted by atomic mass is 9.96. The molecule has 1 aliphatic rings. The van der Waals surface area contributed by atoms with E-state index in [1.807, 2.05) is 13.8 Å². The molecule has 0 radical (unpaired) electrons. The number of hydrogen-bond acceptors (Lipinski definition) is 5. The number of nitrogens with zero attached hydrogens (tertiary/aromatic N) is 2. The molecule has 0 bridgehead atoms. The number of hydrogen-bond donors (Lipinski definition) is 2. The number of carboxylic acids is 1. The van der Waals surface area contributed by atoms with Crippen LogP contribution < -0.4 is 5.56 Å². The third kappa shape index (κ3) is 3.83. The summed E-state index contributed by atoms with van der Waals surface area (Å²) in [7, 11) is 0. The van der Waals surface area contributed by atoms with E-state index < -0.39 is 36.6 Å². The van der Waals surface area contributed by atoms with Gasteiger partial charge in [-0.15, -0.1) is 23.7 Å². The Morgan fingerprint density at radius 3 is 2.52 bits per heavy atom. The lowest BCUT2D eigenvalue weighted by molar-refractivity contribution is -0.188. The number of aromatic amines is 1. The predicted octanol–water partition coefficient (Wildman–Crippen LogP) is 3.28. The molecule has 11 heteroatoms. The summed E-state index contributed by atoms with van der Waals surface area (Å²) >= 11 is 1.35. The SMILES string of the molecule is Cc1sc2nc(C(C)N3C[C@@H](C(F)(F)F)[C@H](C(=O)O)C3)[nH]c(=O)c2c1C.Cl. The van der Waals surface area contributed by atoms with Crippen molar-refractivity contribution in [2.75, 3.05) is 13.1 Å². The van der Waals surface area contributed by atoms with Gasteiger partial charge in [0.25, 0.3) is 5.56 Å². The third-order valence-electron chi connectivity index (χ3n) is 5.09. The maximum absolute atomic E-state index is 13.2. The van der Waals surface area contributed by atoms with Gasteiger partial charge in [-0.1, -0.05) is 0 Å². The van der Waals surface area contributed by atoms with Crippen molar-refractivity contribution in [3.8, 4) is 0 Å².